The molecule has 1 N–H and O–H groups in total. The molecular weight excluding hydrogens is 280 g/mol. The van der Waals surface area contributed by atoms with Gasteiger partial charge < -0.3 is 5.32 Å². The number of benzene rings is 1. The lowest BCUT2D eigenvalue weighted by Gasteiger charge is -2.03. The van der Waals surface area contributed by atoms with E-state index in [1.165, 1.54) is 23.5 Å². The molecule has 0 saturated heterocycles. The zero-order valence-corrected chi connectivity index (χ0v) is 11.0. The van der Waals surface area contributed by atoms with Crippen LogP contribution in [0.3, 0.4) is 0 Å². The first kappa shape index (κ1) is 12.7. The predicted molar refractivity (Wildman–Crippen MR) is 75.0 cm³/mol. The molecule has 0 unspecified atom stereocenters. The minimum Gasteiger partial charge on any atom is -0.329 e. The summed E-state index contributed by atoms with van der Waals surface area (Å²) in [4.78, 5) is 8.37. The highest BCUT2D eigenvalue weighted by Gasteiger charge is 2.08. The van der Waals surface area contributed by atoms with Crippen LogP contribution in [-0.4, -0.2) is 9.97 Å². The van der Waals surface area contributed by atoms with Crippen molar-refractivity contribution in [3.63, 3.8) is 0 Å². The third kappa shape index (κ3) is 2.65. The van der Waals surface area contributed by atoms with E-state index in [9.17, 15) is 8.78 Å². The van der Waals surface area contributed by atoms with E-state index in [4.69, 9.17) is 0 Å². The number of rotatable bonds is 3. The highest BCUT2D eigenvalue weighted by molar-refractivity contribution is 7.14. The van der Waals surface area contributed by atoms with E-state index in [1.54, 1.807) is 12.4 Å². The molecular formula is C14H9F2N3S. The van der Waals surface area contributed by atoms with Gasteiger partial charge in [-0.1, -0.05) is 0 Å². The largest absolute Gasteiger partial charge is 0.329 e. The molecule has 3 nitrogen and oxygen atoms in total. The van der Waals surface area contributed by atoms with Gasteiger partial charge >= 0.3 is 0 Å². The second kappa shape index (κ2) is 5.34. The minimum atomic E-state index is -0.650. The van der Waals surface area contributed by atoms with Gasteiger partial charge in [-0.05, 0) is 24.3 Å². The number of pyridine rings is 1. The number of aromatic nitrogens is 2. The first-order chi connectivity index (χ1) is 9.72. The van der Waals surface area contributed by atoms with E-state index in [2.05, 4.69) is 15.3 Å². The van der Waals surface area contributed by atoms with Crippen molar-refractivity contribution in [1.29, 1.82) is 0 Å². The van der Waals surface area contributed by atoms with Gasteiger partial charge in [0.2, 0.25) is 0 Å². The summed E-state index contributed by atoms with van der Waals surface area (Å²) < 4.78 is 26.4. The quantitative estimate of drug-likeness (QED) is 0.784. The van der Waals surface area contributed by atoms with Crippen molar-refractivity contribution in [2.75, 3.05) is 5.32 Å². The molecule has 0 bridgehead atoms. The Balaban J connectivity index is 1.84. The van der Waals surface area contributed by atoms with Crippen LogP contribution in [0.2, 0.25) is 0 Å². The maximum atomic E-state index is 13.5. The van der Waals surface area contributed by atoms with E-state index in [0.717, 1.165) is 17.3 Å². The number of hydrogen-bond donors (Lipinski definition) is 1. The predicted octanol–water partition coefficient (Wildman–Crippen LogP) is 4.23. The van der Waals surface area contributed by atoms with Crippen LogP contribution in [0.5, 0.6) is 0 Å². The van der Waals surface area contributed by atoms with Crippen LogP contribution < -0.4 is 5.32 Å². The lowest BCUT2D eigenvalue weighted by Crippen LogP contribution is -1.94. The molecule has 0 fully saturated rings. The molecule has 6 heteroatoms. The Morgan fingerprint density at radius 1 is 1.15 bits per heavy atom. The maximum absolute atomic E-state index is 13.5. The summed E-state index contributed by atoms with van der Waals surface area (Å²) in [5.74, 6) is -1.26. The second-order valence-corrected chi connectivity index (χ2v) is 4.89. The molecule has 3 rings (SSSR count). The van der Waals surface area contributed by atoms with Gasteiger partial charge in [0.05, 0.1) is 11.4 Å². The average molecular weight is 289 g/mol. The van der Waals surface area contributed by atoms with E-state index in [1.807, 2.05) is 17.5 Å². The van der Waals surface area contributed by atoms with Gasteiger partial charge in [0, 0.05) is 29.4 Å². The molecule has 3 aromatic rings. The number of nitrogens with zero attached hydrogens (tertiary/aromatic N) is 2. The van der Waals surface area contributed by atoms with Crippen LogP contribution in [0.25, 0.3) is 11.3 Å². The Morgan fingerprint density at radius 2 is 2.05 bits per heavy atom. The van der Waals surface area contributed by atoms with Crippen molar-refractivity contribution in [2.24, 2.45) is 0 Å². The molecule has 0 radical (unpaired) electrons. The number of thiazole rings is 1. The zero-order chi connectivity index (χ0) is 13.9. The summed E-state index contributed by atoms with van der Waals surface area (Å²) in [7, 11) is 0. The van der Waals surface area contributed by atoms with Crippen molar-refractivity contribution in [2.45, 2.75) is 0 Å². The monoisotopic (exact) mass is 289 g/mol. The molecule has 0 aliphatic carbocycles. The summed E-state index contributed by atoms with van der Waals surface area (Å²) in [6.07, 6.45) is 3.39. The fourth-order valence-corrected chi connectivity index (χ4v) is 2.42. The van der Waals surface area contributed by atoms with Crippen LogP contribution >= 0.6 is 11.3 Å². The lowest BCUT2D eigenvalue weighted by molar-refractivity contribution is 0.586. The number of hydrogen-bond acceptors (Lipinski definition) is 4. The van der Waals surface area contributed by atoms with Gasteiger partial charge in [-0.3, -0.25) is 4.98 Å². The van der Waals surface area contributed by atoms with Crippen LogP contribution in [0.1, 0.15) is 0 Å². The van der Waals surface area contributed by atoms with Crippen molar-refractivity contribution in [1.82, 2.24) is 9.97 Å². The first-order valence-electron chi connectivity index (χ1n) is 5.80. The molecule has 0 aliphatic heterocycles. The number of nitrogens with one attached hydrogen (secondary N) is 1. The highest BCUT2D eigenvalue weighted by atomic mass is 32.1. The second-order valence-electron chi connectivity index (χ2n) is 4.03. The molecule has 0 spiro atoms. The third-order valence-corrected chi connectivity index (χ3v) is 3.39. The number of halogens is 2. The minimum absolute atomic E-state index is 0.193. The van der Waals surface area contributed by atoms with E-state index in [0.29, 0.717) is 5.13 Å². The molecule has 20 heavy (non-hydrogen) atoms. The zero-order valence-electron chi connectivity index (χ0n) is 10.2. The van der Waals surface area contributed by atoms with Gasteiger partial charge in [-0.15, -0.1) is 11.3 Å². The van der Waals surface area contributed by atoms with E-state index < -0.39 is 11.6 Å². The van der Waals surface area contributed by atoms with Crippen molar-refractivity contribution in [3.05, 3.63) is 59.7 Å². The fourth-order valence-electron chi connectivity index (χ4n) is 1.68. The summed E-state index contributed by atoms with van der Waals surface area (Å²) in [5.41, 5.74) is 1.84. The molecule has 1 aromatic carbocycles. The first-order valence-corrected chi connectivity index (χ1v) is 6.68. The van der Waals surface area contributed by atoms with Gasteiger partial charge in [0.1, 0.15) is 11.6 Å². The van der Waals surface area contributed by atoms with E-state index in [-0.39, 0.29) is 5.69 Å². The molecule has 2 heterocycles. The Kier molecular flexibility index (Phi) is 3.39. The molecule has 0 saturated carbocycles. The van der Waals surface area contributed by atoms with E-state index >= 15 is 0 Å². The smallest absolute Gasteiger partial charge is 0.187 e. The summed E-state index contributed by atoms with van der Waals surface area (Å²) in [6, 6.07) is 7.08. The molecule has 2 aromatic heterocycles. The van der Waals surface area contributed by atoms with Gasteiger partial charge in [0.15, 0.2) is 5.13 Å². The Bertz CT molecular complexity index is 728. The Morgan fingerprint density at radius 3 is 2.80 bits per heavy atom. The summed E-state index contributed by atoms with van der Waals surface area (Å²) in [6.45, 7) is 0. The van der Waals surface area contributed by atoms with Crippen LogP contribution in [0, 0.1) is 11.6 Å². The Labute approximate surface area is 118 Å². The van der Waals surface area contributed by atoms with Gasteiger partial charge in [-0.25, -0.2) is 13.8 Å². The number of anilines is 2. The average Bonchev–Trinajstić information content (AvgIpc) is 2.92. The summed E-state index contributed by atoms with van der Waals surface area (Å²) in [5, 5.41) is 5.22. The molecule has 100 valence electrons. The lowest BCUT2D eigenvalue weighted by atomic mass is 10.2. The molecule has 0 atom stereocenters. The molecule has 0 aliphatic rings. The van der Waals surface area contributed by atoms with Crippen molar-refractivity contribution >= 4 is 22.2 Å². The van der Waals surface area contributed by atoms with Crippen LogP contribution in [0.15, 0.2) is 48.1 Å². The topological polar surface area (TPSA) is 37.8 Å². The van der Waals surface area contributed by atoms with Gasteiger partial charge in [-0.2, -0.15) is 0 Å². The fraction of sp³-hybridized carbons (Fsp3) is 0. The summed E-state index contributed by atoms with van der Waals surface area (Å²) >= 11 is 1.34. The van der Waals surface area contributed by atoms with Crippen molar-refractivity contribution < 1.29 is 8.78 Å². The SMILES string of the molecule is Fc1ccc(Nc2nc(-c3cccnc3)cs2)c(F)c1. The van der Waals surface area contributed by atoms with Crippen LogP contribution in [-0.2, 0) is 0 Å². The maximum Gasteiger partial charge on any atom is 0.187 e. The normalized spacial score (nSPS) is 10.5. The van der Waals surface area contributed by atoms with Gasteiger partial charge in [0.25, 0.3) is 0 Å². The highest BCUT2D eigenvalue weighted by Crippen LogP contribution is 2.27. The molecule has 0 amide bonds. The van der Waals surface area contributed by atoms with Crippen molar-refractivity contribution in [3.8, 4) is 11.3 Å². The van der Waals surface area contributed by atoms with Crippen LogP contribution in [0.4, 0.5) is 19.6 Å². The third-order valence-electron chi connectivity index (χ3n) is 2.63. The Hall–Kier alpha value is -2.34. The standard InChI is InChI=1S/C14H9F2N3S/c15-10-3-4-12(11(16)6-10)18-14-19-13(8-20-14)9-2-1-5-17-7-9/h1-8H,(H,18,19).